The van der Waals surface area contributed by atoms with Crippen molar-refractivity contribution in [2.75, 3.05) is 23.1 Å². The summed E-state index contributed by atoms with van der Waals surface area (Å²) in [5, 5.41) is 2.84. The van der Waals surface area contributed by atoms with Crippen molar-refractivity contribution in [2.45, 2.75) is 19.4 Å². The van der Waals surface area contributed by atoms with Crippen molar-refractivity contribution < 1.29 is 17.9 Å². The van der Waals surface area contributed by atoms with Gasteiger partial charge >= 0.3 is 0 Å². The maximum absolute atomic E-state index is 12.5. The molecule has 2 aromatic rings. The Labute approximate surface area is 153 Å². The molecule has 6 nitrogen and oxygen atoms in total. The lowest BCUT2D eigenvalue weighted by Gasteiger charge is -2.34. The van der Waals surface area contributed by atoms with Crippen molar-refractivity contribution in [3.05, 3.63) is 60.2 Å². The number of ether oxygens (including phenoxy) is 1. The molecule has 0 fully saturated rings. The standard InChI is InChI=1S/C19H22N2O4S/c1-2-26(23,24)21-14-18(25-17-11-7-6-10-16(17)21)19(22)20-13-12-15-8-4-3-5-9-15/h3-11,18H,2,12-14H2,1H3,(H,20,22)/t18-/m0/s1. The number of benzene rings is 2. The molecule has 1 atom stereocenters. The number of para-hydroxylation sites is 2. The minimum atomic E-state index is -3.49. The summed E-state index contributed by atoms with van der Waals surface area (Å²) in [6, 6.07) is 16.7. The minimum absolute atomic E-state index is 0.0235. The van der Waals surface area contributed by atoms with Crippen LogP contribution < -0.4 is 14.4 Å². The zero-order chi connectivity index (χ0) is 18.6. The first-order chi connectivity index (χ1) is 12.5. The van der Waals surface area contributed by atoms with Crippen LogP contribution in [-0.2, 0) is 21.2 Å². The van der Waals surface area contributed by atoms with E-state index in [0.717, 1.165) is 5.56 Å². The highest BCUT2D eigenvalue weighted by Crippen LogP contribution is 2.34. The van der Waals surface area contributed by atoms with Crippen molar-refractivity contribution in [1.82, 2.24) is 5.32 Å². The fourth-order valence-corrected chi connectivity index (χ4v) is 3.97. The molecule has 138 valence electrons. The van der Waals surface area contributed by atoms with Crippen molar-refractivity contribution in [3.63, 3.8) is 0 Å². The van der Waals surface area contributed by atoms with Crippen LogP contribution in [0.15, 0.2) is 54.6 Å². The largest absolute Gasteiger partial charge is 0.476 e. The van der Waals surface area contributed by atoms with E-state index >= 15 is 0 Å². The molecular formula is C19H22N2O4S. The van der Waals surface area contributed by atoms with Crippen LogP contribution in [0.3, 0.4) is 0 Å². The summed E-state index contributed by atoms with van der Waals surface area (Å²) in [6.07, 6.45) is -0.172. The predicted molar refractivity (Wildman–Crippen MR) is 101 cm³/mol. The third-order valence-electron chi connectivity index (χ3n) is 4.28. The number of sulfonamides is 1. The predicted octanol–water partition coefficient (Wildman–Crippen LogP) is 1.96. The highest BCUT2D eigenvalue weighted by molar-refractivity contribution is 7.92. The van der Waals surface area contributed by atoms with Gasteiger partial charge in [0.05, 0.1) is 18.0 Å². The van der Waals surface area contributed by atoms with Gasteiger partial charge in [0, 0.05) is 6.54 Å². The zero-order valence-electron chi connectivity index (χ0n) is 14.6. The van der Waals surface area contributed by atoms with Gasteiger partial charge in [-0.25, -0.2) is 8.42 Å². The van der Waals surface area contributed by atoms with Crippen LogP contribution in [0.4, 0.5) is 5.69 Å². The van der Waals surface area contributed by atoms with Gasteiger partial charge in [-0.15, -0.1) is 0 Å². The van der Waals surface area contributed by atoms with E-state index in [0.29, 0.717) is 24.4 Å². The minimum Gasteiger partial charge on any atom is -0.476 e. The third kappa shape index (κ3) is 3.99. The molecule has 26 heavy (non-hydrogen) atoms. The van der Waals surface area contributed by atoms with E-state index in [1.165, 1.54) is 4.31 Å². The van der Waals surface area contributed by atoms with Crippen molar-refractivity contribution in [2.24, 2.45) is 0 Å². The van der Waals surface area contributed by atoms with Gasteiger partial charge in [-0.05, 0) is 31.0 Å². The molecule has 1 heterocycles. The molecular weight excluding hydrogens is 352 g/mol. The number of hydrogen-bond donors (Lipinski definition) is 1. The van der Waals surface area contributed by atoms with Crippen LogP contribution >= 0.6 is 0 Å². The lowest BCUT2D eigenvalue weighted by atomic mass is 10.1. The number of carbonyl (C=O) groups is 1. The number of fused-ring (bicyclic) bond motifs is 1. The molecule has 1 aliphatic rings. The van der Waals surface area contributed by atoms with Gasteiger partial charge in [-0.3, -0.25) is 9.10 Å². The van der Waals surface area contributed by atoms with E-state index in [9.17, 15) is 13.2 Å². The van der Waals surface area contributed by atoms with Gasteiger partial charge in [0.15, 0.2) is 6.10 Å². The van der Waals surface area contributed by atoms with Crippen molar-refractivity contribution in [3.8, 4) is 5.75 Å². The van der Waals surface area contributed by atoms with Crippen LogP contribution in [0.5, 0.6) is 5.75 Å². The molecule has 2 aromatic carbocycles. The Balaban J connectivity index is 1.69. The summed E-state index contributed by atoms with van der Waals surface area (Å²) in [6.45, 7) is 2.03. The first-order valence-corrected chi connectivity index (χ1v) is 10.2. The van der Waals surface area contributed by atoms with Gasteiger partial charge in [-0.1, -0.05) is 42.5 Å². The van der Waals surface area contributed by atoms with E-state index in [-0.39, 0.29) is 18.2 Å². The maximum atomic E-state index is 12.5. The maximum Gasteiger partial charge on any atom is 0.263 e. The Morgan fingerprint density at radius 2 is 1.85 bits per heavy atom. The van der Waals surface area contributed by atoms with E-state index in [1.807, 2.05) is 30.3 Å². The van der Waals surface area contributed by atoms with Gasteiger partial charge in [0.1, 0.15) is 5.75 Å². The number of nitrogens with one attached hydrogen (secondary N) is 1. The van der Waals surface area contributed by atoms with Gasteiger partial charge in [0.25, 0.3) is 5.91 Å². The summed E-state index contributed by atoms with van der Waals surface area (Å²) in [5.74, 6) is 0.0506. The lowest BCUT2D eigenvalue weighted by Crippen LogP contribution is -2.51. The molecule has 0 unspecified atom stereocenters. The number of amides is 1. The first-order valence-electron chi connectivity index (χ1n) is 8.59. The topological polar surface area (TPSA) is 75.7 Å². The van der Waals surface area contributed by atoms with Crippen LogP contribution in [-0.4, -0.2) is 39.3 Å². The molecule has 0 aliphatic carbocycles. The Bertz CT molecular complexity index is 868. The fourth-order valence-electron chi connectivity index (χ4n) is 2.85. The zero-order valence-corrected chi connectivity index (χ0v) is 15.4. The summed E-state index contributed by atoms with van der Waals surface area (Å²) >= 11 is 0. The second-order valence-electron chi connectivity index (χ2n) is 6.03. The van der Waals surface area contributed by atoms with Crippen LogP contribution in [0.25, 0.3) is 0 Å². The fraction of sp³-hybridized carbons (Fsp3) is 0.316. The number of anilines is 1. The quantitative estimate of drug-likeness (QED) is 0.839. The van der Waals surface area contributed by atoms with E-state index in [1.54, 1.807) is 31.2 Å². The van der Waals surface area contributed by atoms with Crippen molar-refractivity contribution in [1.29, 1.82) is 0 Å². The highest BCUT2D eigenvalue weighted by atomic mass is 32.2. The molecule has 1 aliphatic heterocycles. The summed E-state index contributed by atoms with van der Waals surface area (Å²) < 4.78 is 31.9. The van der Waals surface area contributed by atoms with Crippen LogP contribution in [0, 0.1) is 0 Å². The number of carbonyl (C=O) groups excluding carboxylic acids is 1. The Morgan fingerprint density at radius 3 is 2.58 bits per heavy atom. The number of hydrogen-bond acceptors (Lipinski definition) is 4. The van der Waals surface area contributed by atoms with Crippen LogP contribution in [0.2, 0.25) is 0 Å². The van der Waals surface area contributed by atoms with E-state index in [2.05, 4.69) is 5.32 Å². The van der Waals surface area contributed by atoms with E-state index in [4.69, 9.17) is 4.74 Å². The summed E-state index contributed by atoms with van der Waals surface area (Å²) in [7, 11) is -3.49. The molecule has 0 saturated heterocycles. The summed E-state index contributed by atoms with van der Waals surface area (Å²) in [5.41, 5.74) is 1.60. The average molecular weight is 374 g/mol. The highest BCUT2D eigenvalue weighted by Gasteiger charge is 2.35. The molecule has 1 amide bonds. The third-order valence-corrected chi connectivity index (χ3v) is 6.03. The molecule has 0 saturated carbocycles. The monoisotopic (exact) mass is 374 g/mol. The molecule has 0 spiro atoms. The molecule has 0 aromatic heterocycles. The smallest absolute Gasteiger partial charge is 0.263 e. The Hall–Kier alpha value is -2.54. The molecule has 0 bridgehead atoms. The normalized spacial score (nSPS) is 16.5. The molecule has 7 heteroatoms. The molecule has 3 rings (SSSR count). The second-order valence-corrected chi connectivity index (χ2v) is 8.21. The number of rotatable bonds is 6. The average Bonchev–Trinajstić information content (AvgIpc) is 2.67. The van der Waals surface area contributed by atoms with Gasteiger partial charge in [0.2, 0.25) is 10.0 Å². The van der Waals surface area contributed by atoms with Crippen LogP contribution in [0.1, 0.15) is 12.5 Å². The molecule has 0 radical (unpaired) electrons. The molecule has 1 N–H and O–H groups in total. The first kappa shape index (κ1) is 18.3. The number of nitrogens with zero attached hydrogens (tertiary/aromatic N) is 1. The van der Waals surface area contributed by atoms with Crippen molar-refractivity contribution >= 4 is 21.6 Å². The van der Waals surface area contributed by atoms with Gasteiger partial charge < -0.3 is 10.1 Å². The lowest BCUT2D eigenvalue weighted by molar-refractivity contribution is -0.127. The van der Waals surface area contributed by atoms with Gasteiger partial charge in [-0.2, -0.15) is 0 Å². The SMILES string of the molecule is CCS(=O)(=O)N1C[C@@H](C(=O)NCCc2ccccc2)Oc2ccccc21. The van der Waals surface area contributed by atoms with E-state index < -0.39 is 16.1 Å². The second kappa shape index (κ2) is 7.78. The Kier molecular flexibility index (Phi) is 5.46. The Morgan fingerprint density at radius 1 is 1.15 bits per heavy atom. The summed E-state index contributed by atoms with van der Waals surface area (Å²) in [4.78, 5) is 12.5.